The maximum absolute atomic E-state index is 11.3. The number of rotatable bonds is 2. The van der Waals surface area contributed by atoms with E-state index >= 15 is 0 Å². The summed E-state index contributed by atoms with van der Waals surface area (Å²) in [6, 6.07) is 4.09. The van der Waals surface area contributed by atoms with Gasteiger partial charge < -0.3 is 5.32 Å². The zero-order valence-electron chi connectivity index (χ0n) is 9.63. The van der Waals surface area contributed by atoms with Crippen LogP contribution < -0.4 is 5.32 Å². The Bertz CT molecular complexity index is 440. The molecule has 0 atom stereocenters. The average molecular weight is 292 g/mol. The highest BCUT2D eigenvalue weighted by atomic mass is 35.5. The molecule has 2 rings (SSSR count). The summed E-state index contributed by atoms with van der Waals surface area (Å²) in [5.74, 6) is 1.55. The minimum absolute atomic E-state index is 0.351. The molecule has 17 heavy (non-hydrogen) atoms. The molecule has 1 N–H and O–H groups in total. The van der Waals surface area contributed by atoms with Crippen LogP contribution in [0.4, 0.5) is 5.69 Å². The van der Waals surface area contributed by atoms with Gasteiger partial charge in [-0.05, 0) is 37.5 Å². The summed E-state index contributed by atoms with van der Waals surface area (Å²) in [7, 11) is -0.631. The van der Waals surface area contributed by atoms with E-state index in [9.17, 15) is 4.21 Å². The topological polar surface area (TPSA) is 29.1 Å². The third-order valence-electron chi connectivity index (χ3n) is 3.00. The van der Waals surface area contributed by atoms with Crippen LogP contribution in [-0.4, -0.2) is 21.8 Å². The Morgan fingerprint density at radius 2 is 1.88 bits per heavy atom. The number of anilines is 1. The third-order valence-corrected chi connectivity index (χ3v) is 5.10. The van der Waals surface area contributed by atoms with E-state index < -0.39 is 10.8 Å². The summed E-state index contributed by atoms with van der Waals surface area (Å²) in [5.41, 5.74) is 1.85. The zero-order chi connectivity index (χ0) is 12.4. The summed E-state index contributed by atoms with van der Waals surface area (Å²) < 4.78 is 11.3. The predicted molar refractivity (Wildman–Crippen MR) is 75.7 cm³/mol. The molecule has 94 valence electrons. The highest BCUT2D eigenvalue weighted by Gasteiger charge is 2.18. The normalized spacial score (nSPS) is 24.6. The highest BCUT2D eigenvalue weighted by molar-refractivity contribution is 7.85. The van der Waals surface area contributed by atoms with Crippen molar-refractivity contribution in [2.45, 2.75) is 25.8 Å². The van der Waals surface area contributed by atoms with Gasteiger partial charge in [0.1, 0.15) is 0 Å². The number of nitrogens with one attached hydrogen (secondary N) is 1. The lowest BCUT2D eigenvalue weighted by Gasteiger charge is -2.24. The minimum atomic E-state index is -0.631. The molecule has 5 heteroatoms. The molecule has 0 spiro atoms. The molecule has 0 radical (unpaired) electrons. The van der Waals surface area contributed by atoms with E-state index in [0.717, 1.165) is 40.6 Å². The summed E-state index contributed by atoms with van der Waals surface area (Å²) >= 11 is 12.2. The van der Waals surface area contributed by atoms with E-state index in [-0.39, 0.29) is 0 Å². The molecule has 0 saturated carbocycles. The Kier molecular flexibility index (Phi) is 4.34. The molecule has 1 aromatic carbocycles. The lowest BCUT2D eigenvalue weighted by molar-refractivity contribution is 0.624. The molecule has 2 nitrogen and oxygen atoms in total. The van der Waals surface area contributed by atoms with E-state index in [1.807, 2.05) is 19.1 Å². The number of hydrogen-bond donors (Lipinski definition) is 1. The van der Waals surface area contributed by atoms with Crippen molar-refractivity contribution in [1.82, 2.24) is 0 Å². The highest BCUT2D eigenvalue weighted by Crippen LogP contribution is 2.30. The number of halogens is 2. The predicted octanol–water partition coefficient (Wildman–Crippen LogP) is 3.62. The van der Waals surface area contributed by atoms with Crippen LogP contribution in [0.15, 0.2) is 12.1 Å². The van der Waals surface area contributed by atoms with E-state index in [1.165, 1.54) is 0 Å². The standard InChI is InChI=1S/C12H15Cl2NOS/c1-8-6-11(14)12(7-10(8)13)15-9-2-4-17(16)5-3-9/h6-7,9,15H,2-5H2,1H3. The van der Waals surface area contributed by atoms with Gasteiger partial charge in [0, 0.05) is 33.4 Å². The van der Waals surface area contributed by atoms with Crippen LogP contribution in [0, 0.1) is 6.92 Å². The van der Waals surface area contributed by atoms with Gasteiger partial charge in [-0.15, -0.1) is 0 Å². The van der Waals surface area contributed by atoms with Crippen molar-refractivity contribution in [3.05, 3.63) is 27.7 Å². The fraction of sp³-hybridized carbons (Fsp3) is 0.500. The molecular weight excluding hydrogens is 277 g/mol. The smallest absolute Gasteiger partial charge is 0.0641 e. The molecule has 1 aliphatic rings. The van der Waals surface area contributed by atoms with Crippen LogP contribution in [-0.2, 0) is 10.8 Å². The first-order valence-corrected chi connectivity index (χ1v) is 7.88. The Labute approximate surface area is 114 Å². The quantitative estimate of drug-likeness (QED) is 0.902. The second-order valence-electron chi connectivity index (χ2n) is 4.35. The lowest BCUT2D eigenvalue weighted by atomic mass is 10.1. The van der Waals surface area contributed by atoms with Crippen LogP contribution in [0.2, 0.25) is 10.0 Å². The Hall–Kier alpha value is -0.250. The SMILES string of the molecule is Cc1cc(Cl)c(NC2CCS(=O)CC2)cc1Cl. The molecule has 1 saturated heterocycles. The third kappa shape index (κ3) is 3.36. The number of hydrogen-bond acceptors (Lipinski definition) is 2. The van der Waals surface area contributed by atoms with Crippen LogP contribution in [0.5, 0.6) is 0 Å². The summed E-state index contributed by atoms with van der Waals surface area (Å²) in [4.78, 5) is 0. The Balaban J connectivity index is 2.08. The maximum Gasteiger partial charge on any atom is 0.0641 e. The van der Waals surface area contributed by atoms with Crippen molar-refractivity contribution in [2.75, 3.05) is 16.8 Å². The fourth-order valence-corrected chi connectivity index (χ4v) is 3.65. The van der Waals surface area contributed by atoms with Gasteiger partial charge in [0.05, 0.1) is 10.7 Å². The number of aryl methyl sites for hydroxylation is 1. The van der Waals surface area contributed by atoms with Crippen LogP contribution in [0.25, 0.3) is 0 Å². The fourth-order valence-electron chi connectivity index (χ4n) is 1.91. The first kappa shape index (κ1) is 13.2. The van der Waals surface area contributed by atoms with Gasteiger partial charge in [-0.2, -0.15) is 0 Å². The van der Waals surface area contributed by atoms with Crippen LogP contribution >= 0.6 is 23.2 Å². The molecule has 0 bridgehead atoms. The van der Waals surface area contributed by atoms with Crippen molar-refractivity contribution < 1.29 is 4.21 Å². The van der Waals surface area contributed by atoms with E-state index in [2.05, 4.69) is 5.32 Å². The summed E-state index contributed by atoms with van der Waals surface area (Å²) in [6.07, 6.45) is 1.85. The van der Waals surface area contributed by atoms with Crippen molar-refractivity contribution in [1.29, 1.82) is 0 Å². The van der Waals surface area contributed by atoms with Crippen molar-refractivity contribution in [2.24, 2.45) is 0 Å². The Morgan fingerprint density at radius 1 is 1.24 bits per heavy atom. The first-order valence-electron chi connectivity index (χ1n) is 5.63. The van der Waals surface area contributed by atoms with Crippen LogP contribution in [0.3, 0.4) is 0 Å². The van der Waals surface area contributed by atoms with Gasteiger partial charge in [0.15, 0.2) is 0 Å². The summed E-state index contributed by atoms with van der Waals surface area (Å²) in [5, 5.41) is 4.80. The second-order valence-corrected chi connectivity index (χ2v) is 6.86. The molecule has 1 aliphatic heterocycles. The van der Waals surface area contributed by atoms with Gasteiger partial charge in [0.25, 0.3) is 0 Å². The lowest BCUT2D eigenvalue weighted by Crippen LogP contribution is -2.29. The van der Waals surface area contributed by atoms with Crippen molar-refractivity contribution >= 4 is 39.7 Å². The Morgan fingerprint density at radius 3 is 2.53 bits per heavy atom. The monoisotopic (exact) mass is 291 g/mol. The van der Waals surface area contributed by atoms with E-state index in [1.54, 1.807) is 0 Å². The maximum atomic E-state index is 11.3. The van der Waals surface area contributed by atoms with Gasteiger partial charge in [-0.25, -0.2) is 0 Å². The molecule has 1 heterocycles. The molecule has 0 aliphatic carbocycles. The molecule has 1 aromatic rings. The van der Waals surface area contributed by atoms with E-state index in [4.69, 9.17) is 23.2 Å². The molecular formula is C12H15Cl2NOS. The van der Waals surface area contributed by atoms with Gasteiger partial charge in [-0.3, -0.25) is 4.21 Å². The first-order chi connectivity index (χ1) is 8.06. The second kappa shape index (κ2) is 5.59. The van der Waals surface area contributed by atoms with Crippen molar-refractivity contribution in [3.63, 3.8) is 0 Å². The minimum Gasteiger partial charge on any atom is -0.381 e. The van der Waals surface area contributed by atoms with Gasteiger partial charge >= 0.3 is 0 Å². The molecule has 0 aromatic heterocycles. The van der Waals surface area contributed by atoms with Gasteiger partial charge in [0.2, 0.25) is 0 Å². The van der Waals surface area contributed by atoms with Crippen molar-refractivity contribution in [3.8, 4) is 0 Å². The molecule has 0 amide bonds. The van der Waals surface area contributed by atoms with Gasteiger partial charge in [-0.1, -0.05) is 23.2 Å². The largest absolute Gasteiger partial charge is 0.381 e. The van der Waals surface area contributed by atoms with Crippen LogP contribution in [0.1, 0.15) is 18.4 Å². The molecule has 0 unspecified atom stereocenters. The number of benzene rings is 1. The average Bonchev–Trinajstić information content (AvgIpc) is 2.29. The summed E-state index contributed by atoms with van der Waals surface area (Å²) in [6.45, 7) is 1.93. The molecule has 1 fully saturated rings. The van der Waals surface area contributed by atoms with E-state index in [0.29, 0.717) is 11.1 Å². The zero-order valence-corrected chi connectivity index (χ0v) is 12.0.